The Labute approximate surface area is 121 Å². The van der Waals surface area contributed by atoms with Crippen LogP contribution in [0.5, 0.6) is 5.75 Å². The van der Waals surface area contributed by atoms with E-state index >= 15 is 0 Å². The fourth-order valence-corrected chi connectivity index (χ4v) is 2.05. The summed E-state index contributed by atoms with van der Waals surface area (Å²) in [5, 5.41) is 6.26. The third kappa shape index (κ3) is 4.44. The van der Waals surface area contributed by atoms with Gasteiger partial charge in [0, 0.05) is 6.04 Å². The molecule has 112 valence electrons. The second kappa shape index (κ2) is 7.78. The summed E-state index contributed by atoms with van der Waals surface area (Å²) in [6.07, 6.45) is 1.89. The summed E-state index contributed by atoms with van der Waals surface area (Å²) in [6.45, 7) is 8.03. The van der Waals surface area contributed by atoms with E-state index < -0.39 is 0 Å². The lowest BCUT2D eigenvalue weighted by molar-refractivity contribution is -0.122. The molecule has 0 aliphatic heterocycles. The Kier molecular flexibility index (Phi) is 6.36. The predicted octanol–water partition coefficient (Wildman–Crippen LogP) is 3.11. The van der Waals surface area contributed by atoms with Gasteiger partial charge in [0.2, 0.25) is 5.91 Å². The zero-order valence-electron chi connectivity index (χ0n) is 13.1. The molecular formula is C16H26N2O2. The first-order valence-electron chi connectivity index (χ1n) is 7.23. The number of methoxy groups -OCH3 is 1. The molecule has 0 saturated carbocycles. The van der Waals surface area contributed by atoms with Crippen LogP contribution in [0.25, 0.3) is 0 Å². The molecule has 0 fully saturated rings. The van der Waals surface area contributed by atoms with Crippen LogP contribution in [-0.2, 0) is 4.79 Å². The summed E-state index contributed by atoms with van der Waals surface area (Å²) >= 11 is 0. The summed E-state index contributed by atoms with van der Waals surface area (Å²) in [4.78, 5) is 12.1. The SMILES string of the molecule is CCC(CC)NC(=O)C(C)Nc1cc(C)ccc1OC. The van der Waals surface area contributed by atoms with Crippen molar-refractivity contribution in [1.82, 2.24) is 5.32 Å². The molecule has 1 aromatic rings. The van der Waals surface area contributed by atoms with Gasteiger partial charge in [-0.25, -0.2) is 0 Å². The fraction of sp³-hybridized carbons (Fsp3) is 0.562. The molecule has 1 atom stereocenters. The van der Waals surface area contributed by atoms with E-state index in [0.29, 0.717) is 0 Å². The molecule has 0 aliphatic rings. The summed E-state index contributed by atoms with van der Waals surface area (Å²) in [5.74, 6) is 0.764. The Morgan fingerprint density at radius 3 is 2.50 bits per heavy atom. The van der Waals surface area contributed by atoms with Crippen LogP contribution in [0.2, 0.25) is 0 Å². The molecule has 1 amide bonds. The zero-order valence-corrected chi connectivity index (χ0v) is 13.1. The van der Waals surface area contributed by atoms with Gasteiger partial charge < -0.3 is 15.4 Å². The Balaban J connectivity index is 2.72. The molecule has 20 heavy (non-hydrogen) atoms. The molecule has 0 aromatic heterocycles. The smallest absolute Gasteiger partial charge is 0.242 e. The number of benzene rings is 1. The average molecular weight is 278 g/mol. The summed E-state index contributed by atoms with van der Waals surface area (Å²) in [5.41, 5.74) is 1.97. The summed E-state index contributed by atoms with van der Waals surface area (Å²) in [6, 6.07) is 5.82. The summed E-state index contributed by atoms with van der Waals surface area (Å²) in [7, 11) is 1.63. The highest BCUT2D eigenvalue weighted by atomic mass is 16.5. The van der Waals surface area contributed by atoms with Crippen molar-refractivity contribution in [2.45, 2.75) is 52.6 Å². The highest BCUT2D eigenvalue weighted by Crippen LogP contribution is 2.25. The molecule has 0 bridgehead atoms. The Morgan fingerprint density at radius 1 is 1.30 bits per heavy atom. The normalized spacial score (nSPS) is 12.1. The van der Waals surface area contributed by atoms with Crippen molar-refractivity contribution >= 4 is 11.6 Å². The number of carbonyl (C=O) groups is 1. The molecule has 0 radical (unpaired) electrons. The van der Waals surface area contributed by atoms with E-state index in [9.17, 15) is 4.79 Å². The van der Waals surface area contributed by atoms with Crippen molar-refractivity contribution in [2.75, 3.05) is 12.4 Å². The number of nitrogens with one attached hydrogen (secondary N) is 2. The van der Waals surface area contributed by atoms with Crippen LogP contribution in [0.15, 0.2) is 18.2 Å². The van der Waals surface area contributed by atoms with Gasteiger partial charge in [-0.2, -0.15) is 0 Å². The van der Waals surface area contributed by atoms with Gasteiger partial charge in [-0.05, 0) is 44.4 Å². The first kappa shape index (κ1) is 16.3. The molecule has 1 rings (SSSR count). The van der Waals surface area contributed by atoms with E-state index in [1.54, 1.807) is 7.11 Å². The van der Waals surface area contributed by atoms with Crippen LogP contribution < -0.4 is 15.4 Å². The molecule has 0 aliphatic carbocycles. The number of ether oxygens (including phenoxy) is 1. The first-order valence-corrected chi connectivity index (χ1v) is 7.23. The molecular weight excluding hydrogens is 252 g/mol. The lowest BCUT2D eigenvalue weighted by Gasteiger charge is -2.21. The highest BCUT2D eigenvalue weighted by Gasteiger charge is 2.17. The minimum absolute atomic E-state index is 0.0160. The fourth-order valence-electron chi connectivity index (χ4n) is 2.05. The molecule has 4 nitrogen and oxygen atoms in total. The largest absolute Gasteiger partial charge is 0.495 e. The van der Waals surface area contributed by atoms with Gasteiger partial charge in [0.25, 0.3) is 0 Å². The zero-order chi connectivity index (χ0) is 15.1. The number of aryl methyl sites for hydroxylation is 1. The Hall–Kier alpha value is -1.71. The van der Waals surface area contributed by atoms with Crippen LogP contribution in [0.3, 0.4) is 0 Å². The van der Waals surface area contributed by atoms with Gasteiger partial charge in [-0.15, -0.1) is 0 Å². The van der Waals surface area contributed by atoms with E-state index in [4.69, 9.17) is 4.74 Å². The summed E-state index contributed by atoms with van der Waals surface area (Å²) < 4.78 is 5.31. The molecule has 1 aromatic carbocycles. The molecule has 0 heterocycles. The first-order chi connectivity index (χ1) is 9.51. The van der Waals surface area contributed by atoms with Crippen molar-refractivity contribution in [3.8, 4) is 5.75 Å². The Morgan fingerprint density at radius 2 is 1.95 bits per heavy atom. The van der Waals surface area contributed by atoms with E-state index in [1.165, 1.54) is 0 Å². The van der Waals surface area contributed by atoms with Crippen molar-refractivity contribution in [1.29, 1.82) is 0 Å². The number of hydrogen-bond acceptors (Lipinski definition) is 3. The van der Waals surface area contributed by atoms with Crippen molar-refractivity contribution in [3.63, 3.8) is 0 Å². The van der Waals surface area contributed by atoms with Crippen molar-refractivity contribution < 1.29 is 9.53 Å². The molecule has 2 N–H and O–H groups in total. The van der Waals surface area contributed by atoms with E-state index in [1.807, 2.05) is 32.0 Å². The maximum absolute atomic E-state index is 12.1. The van der Waals surface area contributed by atoms with Gasteiger partial charge in [0.1, 0.15) is 11.8 Å². The second-order valence-corrected chi connectivity index (χ2v) is 5.09. The lowest BCUT2D eigenvalue weighted by Crippen LogP contribution is -2.42. The number of carbonyl (C=O) groups excluding carboxylic acids is 1. The van der Waals surface area contributed by atoms with E-state index in [2.05, 4.69) is 24.5 Å². The topological polar surface area (TPSA) is 50.4 Å². The predicted molar refractivity (Wildman–Crippen MR) is 83.3 cm³/mol. The monoisotopic (exact) mass is 278 g/mol. The van der Waals surface area contributed by atoms with Crippen LogP contribution in [0, 0.1) is 6.92 Å². The van der Waals surface area contributed by atoms with Crippen LogP contribution in [0.1, 0.15) is 39.2 Å². The van der Waals surface area contributed by atoms with Crippen molar-refractivity contribution in [2.24, 2.45) is 0 Å². The number of rotatable bonds is 7. The molecule has 1 unspecified atom stereocenters. The van der Waals surface area contributed by atoms with Gasteiger partial charge in [0.05, 0.1) is 12.8 Å². The van der Waals surface area contributed by atoms with Gasteiger partial charge in [-0.3, -0.25) is 4.79 Å². The van der Waals surface area contributed by atoms with Gasteiger partial charge >= 0.3 is 0 Å². The second-order valence-electron chi connectivity index (χ2n) is 5.09. The minimum Gasteiger partial charge on any atom is -0.495 e. The van der Waals surface area contributed by atoms with E-state index in [0.717, 1.165) is 29.8 Å². The van der Waals surface area contributed by atoms with E-state index in [-0.39, 0.29) is 18.0 Å². The third-order valence-electron chi connectivity index (χ3n) is 3.45. The minimum atomic E-state index is -0.300. The molecule has 0 spiro atoms. The molecule has 0 saturated heterocycles. The van der Waals surface area contributed by atoms with Crippen LogP contribution >= 0.6 is 0 Å². The maximum atomic E-state index is 12.1. The van der Waals surface area contributed by atoms with Crippen molar-refractivity contribution in [3.05, 3.63) is 23.8 Å². The number of amides is 1. The Bertz CT molecular complexity index is 442. The number of anilines is 1. The lowest BCUT2D eigenvalue weighted by atomic mass is 10.1. The maximum Gasteiger partial charge on any atom is 0.242 e. The third-order valence-corrected chi connectivity index (χ3v) is 3.45. The molecule has 4 heteroatoms. The van der Waals surface area contributed by atoms with Gasteiger partial charge in [-0.1, -0.05) is 19.9 Å². The van der Waals surface area contributed by atoms with Crippen LogP contribution in [-0.4, -0.2) is 25.1 Å². The number of hydrogen-bond donors (Lipinski definition) is 2. The van der Waals surface area contributed by atoms with Gasteiger partial charge in [0.15, 0.2) is 0 Å². The standard InChI is InChI=1S/C16H26N2O2/c1-6-13(7-2)18-16(19)12(4)17-14-10-11(3)8-9-15(14)20-5/h8-10,12-13,17H,6-7H2,1-5H3,(H,18,19). The average Bonchev–Trinajstić information content (AvgIpc) is 2.44. The quantitative estimate of drug-likeness (QED) is 0.805. The highest BCUT2D eigenvalue weighted by molar-refractivity contribution is 5.85. The van der Waals surface area contributed by atoms with Crippen LogP contribution in [0.4, 0.5) is 5.69 Å².